The maximum absolute atomic E-state index is 13.1. The minimum absolute atomic E-state index is 0.102. The fraction of sp³-hybridized carbons (Fsp3) is 0.286. The van der Waals surface area contributed by atoms with E-state index in [1.54, 1.807) is 19.1 Å². The lowest BCUT2D eigenvalue weighted by Gasteiger charge is -2.14. The van der Waals surface area contributed by atoms with Crippen LogP contribution in [0.2, 0.25) is 0 Å². The van der Waals surface area contributed by atoms with Crippen LogP contribution in [0, 0.1) is 5.82 Å². The number of carbonyl (C=O) groups is 2. The number of fused-ring (bicyclic) bond motifs is 1. The predicted octanol–water partition coefficient (Wildman–Crippen LogP) is 2.68. The zero-order valence-corrected chi connectivity index (χ0v) is 12.0. The van der Waals surface area contributed by atoms with E-state index >= 15 is 0 Å². The largest absolute Gasteiger partial charge is 0.465 e. The third-order valence-electron chi connectivity index (χ3n) is 2.71. The number of hydrogen-bond acceptors (Lipinski definition) is 4. The van der Waals surface area contributed by atoms with Crippen molar-refractivity contribution in [2.75, 3.05) is 20.2 Å². The van der Waals surface area contributed by atoms with Crippen LogP contribution in [-0.2, 0) is 9.53 Å². The first kappa shape index (κ1) is 14.5. The van der Waals surface area contributed by atoms with Crippen LogP contribution >= 0.6 is 11.3 Å². The predicted molar refractivity (Wildman–Crippen MR) is 75.4 cm³/mol. The van der Waals surface area contributed by atoms with Gasteiger partial charge in [0.25, 0.3) is 5.91 Å². The van der Waals surface area contributed by atoms with Crippen LogP contribution in [0.1, 0.15) is 16.6 Å². The zero-order valence-electron chi connectivity index (χ0n) is 11.2. The van der Waals surface area contributed by atoms with E-state index < -0.39 is 5.97 Å². The fourth-order valence-corrected chi connectivity index (χ4v) is 2.82. The minimum atomic E-state index is -0.449. The van der Waals surface area contributed by atoms with Crippen molar-refractivity contribution in [3.05, 3.63) is 35.0 Å². The van der Waals surface area contributed by atoms with Crippen molar-refractivity contribution in [3.8, 4) is 0 Å². The second-order valence-corrected chi connectivity index (χ2v) is 5.34. The molecule has 0 radical (unpaired) electrons. The van der Waals surface area contributed by atoms with Crippen LogP contribution in [0.5, 0.6) is 0 Å². The van der Waals surface area contributed by atoms with Crippen molar-refractivity contribution in [1.29, 1.82) is 0 Å². The summed E-state index contributed by atoms with van der Waals surface area (Å²) < 4.78 is 18.7. The number of halogens is 1. The van der Waals surface area contributed by atoms with E-state index in [9.17, 15) is 14.0 Å². The number of amides is 1. The highest BCUT2D eigenvalue weighted by Gasteiger charge is 2.18. The lowest BCUT2D eigenvalue weighted by Crippen LogP contribution is -2.32. The molecule has 1 amide bonds. The van der Waals surface area contributed by atoms with Gasteiger partial charge in [0.2, 0.25) is 0 Å². The molecule has 0 unspecified atom stereocenters. The smallest absolute Gasteiger partial charge is 0.325 e. The van der Waals surface area contributed by atoms with E-state index in [4.69, 9.17) is 4.74 Å². The topological polar surface area (TPSA) is 46.6 Å². The molecule has 4 nitrogen and oxygen atoms in total. The van der Waals surface area contributed by atoms with Crippen molar-refractivity contribution in [1.82, 2.24) is 4.90 Å². The average Bonchev–Trinajstić information content (AvgIpc) is 2.80. The van der Waals surface area contributed by atoms with Gasteiger partial charge >= 0.3 is 5.97 Å². The van der Waals surface area contributed by atoms with Gasteiger partial charge < -0.3 is 9.64 Å². The Labute approximate surface area is 119 Å². The first-order valence-electron chi connectivity index (χ1n) is 6.11. The van der Waals surface area contributed by atoms with Crippen LogP contribution < -0.4 is 0 Å². The standard InChI is InChI=1S/C14H14FNO3S/c1-3-19-13(17)8-16(2)14(18)12-7-9-6-10(15)4-5-11(9)20-12/h4-7H,3,8H2,1-2H3. The van der Waals surface area contributed by atoms with Crippen LogP contribution in [0.15, 0.2) is 24.3 Å². The Kier molecular flexibility index (Phi) is 4.34. The summed E-state index contributed by atoms with van der Waals surface area (Å²) in [4.78, 5) is 25.3. The Morgan fingerprint density at radius 1 is 1.35 bits per heavy atom. The van der Waals surface area contributed by atoms with Crippen molar-refractivity contribution in [3.63, 3.8) is 0 Å². The fourth-order valence-electron chi connectivity index (χ4n) is 1.78. The normalized spacial score (nSPS) is 10.6. The number of carbonyl (C=O) groups excluding carboxylic acids is 2. The van der Waals surface area contributed by atoms with Gasteiger partial charge in [-0.25, -0.2) is 4.39 Å². The van der Waals surface area contributed by atoms with Gasteiger partial charge in [0, 0.05) is 11.7 Å². The Hall–Kier alpha value is -1.95. The number of likely N-dealkylation sites (N-methyl/N-ethyl adjacent to an activating group) is 1. The number of esters is 1. The summed E-state index contributed by atoms with van der Waals surface area (Å²) in [5.41, 5.74) is 0. The van der Waals surface area contributed by atoms with Crippen LogP contribution in [-0.4, -0.2) is 37.0 Å². The minimum Gasteiger partial charge on any atom is -0.465 e. The van der Waals surface area contributed by atoms with Gasteiger partial charge in [0.1, 0.15) is 12.4 Å². The molecule has 0 saturated heterocycles. The monoisotopic (exact) mass is 295 g/mol. The van der Waals surface area contributed by atoms with Crippen molar-refractivity contribution < 1.29 is 18.7 Å². The summed E-state index contributed by atoms with van der Waals surface area (Å²) >= 11 is 1.27. The van der Waals surface area contributed by atoms with Gasteiger partial charge in [0.15, 0.2) is 0 Å². The molecule has 0 atom stereocenters. The quantitative estimate of drug-likeness (QED) is 0.815. The van der Waals surface area contributed by atoms with Crippen LogP contribution in [0.4, 0.5) is 4.39 Å². The molecule has 0 aliphatic carbocycles. The van der Waals surface area contributed by atoms with Gasteiger partial charge in [-0.3, -0.25) is 9.59 Å². The van der Waals surface area contributed by atoms with Crippen molar-refractivity contribution >= 4 is 33.3 Å². The van der Waals surface area contributed by atoms with Gasteiger partial charge in [0.05, 0.1) is 11.5 Å². The number of nitrogens with zero attached hydrogens (tertiary/aromatic N) is 1. The summed E-state index contributed by atoms with van der Waals surface area (Å²) in [7, 11) is 1.53. The molecule has 20 heavy (non-hydrogen) atoms. The molecule has 106 valence electrons. The molecule has 2 aromatic rings. The number of thiophene rings is 1. The molecule has 0 spiro atoms. The summed E-state index contributed by atoms with van der Waals surface area (Å²) in [5.74, 6) is -1.07. The first-order valence-corrected chi connectivity index (χ1v) is 6.93. The number of benzene rings is 1. The van der Waals surface area contributed by atoms with Crippen LogP contribution in [0.25, 0.3) is 10.1 Å². The summed E-state index contributed by atoms with van der Waals surface area (Å²) in [6.07, 6.45) is 0. The molecular formula is C14H14FNO3S. The van der Waals surface area contributed by atoms with E-state index in [-0.39, 0.29) is 24.9 Å². The maximum atomic E-state index is 13.1. The SMILES string of the molecule is CCOC(=O)CN(C)C(=O)c1cc2cc(F)ccc2s1. The molecule has 0 fully saturated rings. The first-order chi connectivity index (χ1) is 9.51. The Bertz CT molecular complexity index is 653. The third-order valence-corrected chi connectivity index (χ3v) is 3.81. The molecular weight excluding hydrogens is 281 g/mol. The van der Waals surface area contributed by atoms with Crippen molar-refractivity contribution in [2.24, 2.45) is 0 Å². The third kappa shape index (κ3) is 3.14. The molecule has 6 heteroatoms. The summed E-state index contributed by atoms with van der Waals surface area (Å²) in [6, 6.07) is 6.01. The van der Waals surface area contributed by atoms with E-state index in [0.717, 1.165) is 4.70 Å². The Morgan fingerprint density at radius 2 is 2.10 bits per heavy atom. The molecule has 1 heterocycles. The zero-order chi connectivity index (χ0) is 14.7. The number of rotatable bonds is 4. The molecule has 0 bridgehead atoms. The molecule has 0 aliphatic rings. The maximum Gasteiger partial charge on any atom is 0.325 e. The second kappa shape index (κ2) is 6.00. The molecule has 1 aromatic heterocycles. The highest BCUT2D eigenvalue weighted by molar-refractivity contribution is 7.20. The Balaban J connectivity index is 2.16. The highest BCUT2D eigenvalue weighted by atomic mass is 32.1. The van der Waals surface area contributed by atoms with E-state index in [1.165, 1.54) is 35.4 Å². The van der Waals surface area contributed by atoms with Gasteiger partial charge in [-0.05, 0) is 36.6 Å². The van der Waals surface area contributed by atoms with E-state index in [1.807, 2.05) is 0 Å². The van der Waals surface area contributed by atoms with Gasteiger partial charge in [-0.2, -0.15) is 0 Å². The highest BCUT2D eigenvalue weighted by Crippen LogP contribution is 2.27. The molecule has 0 saturated carbocycles. The average molecular weight is 295 g/mol. The van der Waals surface area contributed by atoms with E-state index in [2.05, 4.69) is 0 Å². The van der Waals surface area contributed by atoms with Gasteiger partial charge in [-0.1, -0.05) is 0 Å². The lowest BCUT2D eigenvalue weighted by molar-refractivity contribution is -0.143. The molecule has 0 aliphatic heterocycles. The lowest BCUT2D eigenvalue weighted by atomic mass is 10.2. The molecule has 1 aromatic carbocycles. The number of ether oxygens (including phenoxy) is 1. The summed E-state index contributed by atoms with van der Waals surface area (Å²) in [6.45, 7) is 1.89. The molecule has 2 rings (SSSR count). The van der Waals surface area contributed by atoms with Crippen LogP contribution in [0.3, 0.4) is 0 Å². The molecule has 0 N–H and O–H groups in total. The van der Waals surface area contributed by atoms with Crippen molar-refractivity contribution in [2.45, 2.75) is 6.92 Å². The van der Waals surface area contributed by atoms with E-state index in [0.29, 0.717) is 10.3 Å². The number of hydrogen-bond donors (Lipinski definition) is 0. The van der Waals surface area contributed by atoms with Gasteiger partial charge in [-0.15, -0.1) is 11.3 Å². The second-order valence-electron chi connectivity index (χ2n) is 4.26. The Morgan fingerprint density at radius 3 is 2.80 bits per heavy atom. The summed E-state index contributed by atoms with van der Waals surface area (Å²) in [5, 5.41) is 0.683.